The van der Waals surface area contributed by atoms with Crippen LogP contribution < -0.4 is 5.73 Å². The van der Waals surface area contributed by atoms with Crippen LogP contribution in [-0.4, -0.2) is 26.4 Å². The molecule has 2 N–H and O–H groups in total. The number of carbonyl (C=O) groups is 2. The van der Waals surface area contributed by atoms with Gasteiger partial charge in [-0.25, -0.2) is 0 Å². The Morgan fingerprint density at radius 3 is 2.39 bits per heavy atom. The van der Waals surface area contributed by atoms with Crippen molar-refractivity contribution in [2.75, 3.05) is 0 Å². The second-order valence-corrected chi connectivity index (χ2v) is 10.3. The normalized spacial score (nSPS) is 15.9. The maximum Gasteiger partial charge on any atom is 0.267 e. The van der Waals surface area contributed by atoms with Crippen LogP contribution in [0.15, 0.2) is 99.4 Å². The third kappa shape index (κ3) is 5.29. The van der Waals surface area contributed by atoms with Crippen LogP contribution in [0.1, 0.15) is 16.7 Å². The van der Waals surface area contributed by atoms with Gasteiger partial charge in [-0.05, 0) is 47.2 Å². The summed E-state index contributed by atoms with van der Waals surface area (Å²) in [5.41, 5.74) is 9.29. The summed E-state index contributed by atoms with van der Waals surface area (Å²) in [7, 11) is 0. The lowest BCUT2D eigenvalue weighted by atomic mass is 10.1. The molecule has 1 aromatic heterocycles. The smallest absolute Gasteiger partial charge is 0.267 e. The molecular formula is C28H23BrN4O2S. The molecule has 180 valence electrons. The summed E-state index contributed by atoms with van der Waals surface area (Å²) in [6, 6.07) is 25.7. The van der Waals surface area contributed by atoms with Crippen molar-refractivity contribution in [3.05, 3.63) is 111 Å². The predicted molar refractivity (Wildman–Crippen MR) is 149 cm³/mol. The number of rotatable bonds is 7. The van der Waals surface area contributed by atoms with Crippen LogP contribution in [-0.2, 0) is 29.2 Å². The van der Waals surface area contributed by atoms with Gasteiger partial charge in [0.2, 0.25) is 5.91 Å². The van der Waals surface area contributed by atoms with Gasteiger partial charge in [0.15, 0.2) is 5.17 Å². The van der Waals surface area contributed by atoms with E-state index in [-0.39, 0.29) is 12.5 Å². The van der Waals surface area contributed by atoms with Gasteiger partial charge in [0, 0.05) is 27.1 Å². The Bertz CT molecular complexity index is 1500. The number of nitrogens with zero attached hydrogens (tertiary/aromatic N) is 3. The van der Waals surface area contributed by atoms with Crippen molar-refractivity contribution in [1.82, 2.24) is 9.47 Å². The molecule has 36 heavy (non-hydrogen) atoms. The number of hydrogen-bond acceptors (Lipinski definition) is 4. The molecule has 1 fully saturated rings. The van der Waals surface area contributed by atoms with Crippen LogP contribution in [0.2, 0.25) is 0 Å². The first-order valence-electron chi connectivity index (χ1n) is 11.4. The minimum Gasteiger partial charge on any atom is -0.368 e. The summed E-state index contributed by atoms with van der Waals surface area (Å²) in [4.78, 5) is 32.3. The summed E-state index contributed by atoms with van der Waals surface area (Å²) in [6.45, 7) is 0.985. The van der Waals surface area contributed by atoms with Crippen molar-refractivity contribution in [1.29, 1.82) is 0 Å². The topological polar surface area (TPSA) is 80.7 Å². The number of carbonyl (C=O) groups excluding carboxylic acids is 2. The molecule has 0 saturated carbocycles. The highest BCUT2D eigenvalue weighted by Crippen LogP contribution is 2.36. The summed E-state index contributed by atoms with van der Waals surface area (Å²) in [5.74, 6) is -0.522. The van der Waals surface area contributed by atoms with E-state index in [9.17, 15) is 9.59 Å². The van der Waals surface area contributed by atoms with E-state index in [1.807, 2.05) is 95.7 Å². The van der Waals surface area contributed by atoms with E-state index in [0.717, 1.165) is 32.1 Å². The number of primary amides is 1. The zero-order valence-corrected chi connectivity index (χ0v) is 21.7. The van der Waals surface area contributed by atoms with Crippen LogP contribution in [0.3, 0.4) is 0 Å². The summed E-state index contributed by atoms with van der Waals surface area (Å²) >= 11 is 4.90. The quantitative estimate of drug-likeness (QED) is 0.301. The van der Waals surface area contributed by atoms with Crippen molar-refractivity contribution >= 4 is 61.7 Å². The molecule has 5 rings (SSSR count). The first-order chi connectivity index (χ1) is 17.5. The second kappa shape index (κ2) is 10.6. The van der Waals surface area contributed by atoms with E-state index in [2.05, 4.69) is 15.9 Å². The molecule has 0 spiro atoms. The van der Waals surface area contributed by atoms with E-state index in [4.69, 9.17) is 10.7 Å². The molecular weight excluding hydrogens is 536 g/mol. The lowest BCUT2D eigenvalue weighted by Gasteiger charge is -2.15. The van der Waals surface area contributed by atoms with E-state index >= 15 is 0 Å². The maximum atomic E-state index is 13.6. The molecule has 2 amide bonds. The van der Waals surface area contributed by atoms with Crippen LogP contribution >= 0.6 is 27.7 Å². The second-order valence-electron chi connectivity index (χ2n) is 8.41. The van der Waals surface area contributed by atoms with Gasteiger partial charge in [0.25, 0.3) is 5.91 Å². The minimum atomic E-state index is -0.426. The van der Waals surface area contributed by atoms with Gasteiger partial charge in [0.05, 0.1) is 18.0 Å². The molecule has 4 aromatic rings. The lowest BCUT2D eigenvalue weighted by Crippen LogP contribution is -2.28. The number of nitrogens with two attached hydrogens (primary N) is 1. The Morgan fingerprint density at radius 2 is 1.69 bits per heavy atom. The van der Waals surface area contributed by atoms with Crippen molar-refractivity contribution in [3.8, 4) is 0 Å². The molecule has 0 atom stereocenters. The Labute approximate surface area is 221 Å². The van der Waals surface area contributed by atoms with Crippen molar-refractivity contribution in [2.45, 2.75) is 19.6 Å². The number of benzene rings is 3. The fourth-order valence-electron chi connectivity index (χ4n) is 4.13. The maximum absolute atomic E-state index is 13.6. The molecule has 1 aliphatic rings. The van der Waals surface area contributed by atoms with E-state index in [1.165, 1.54) is 11.8 Å². The van der Waals surface area contributed by atoms with Gasteiger partial charge >= 0.3 is 0 Å². The Hall–Kier alpha value is -3.62. The largest absolute Gasteiger partial charge is 0.368 e. The van der Waals surface area contributed by atoms with Crippen molar-refractivity contribution < 1.29 is 9.59 Å². The summed E-state index contributed by atoms with van der Waals surface area (Å²) in [6.07, 6.45) is 3.74. The molecule has 0 bridgehead atoms. The molecule has 0 aliphatic carbocycles. The SMILES string of the molecule is NC(=O)Cn1cc(C=C2SC(=NCc3ccccc3)N(Cc3ccccc3)C2=O)c2cc(Br)ccc21. The molecule has 6 nitrogen and oxygen atoms in total. The highest BCUT2D eigenvalue weighted by Gasteiger charge is 2.33. The number of halogens is 1. The standard InChI is InChI=1S/C28H23BrN4O2S/c29-22-11-12-24-23(14-22)21(17-32(24)18-26(30)34)13-25-27(35)33(16-20-9-5-2-6-10-20)28(36-25)31-15-19-7-3-1-4-8-19/h1-14,17H,15-16,18H2,(H2,30,34). The molecule has 1 aliphatic heterocycles. The number of fused-ring (bicyclic) bond motifs is 1. The monoisotopic (exact) mass is 558 g/mol. The third-order valence-electron chi connectivity index (χ3n) is 5.80. The van der Waals surface area contributed by atoms with E-state index < -0.39 is 5.91 Å². The van der Waals surface area contributed by atoms with E-state index in [0.29, 0.717) is 23.2 Å². The zero-order chi connectivity index (χ0) is 25.1. The van der Waals surface area contributed by atoms with Gasteiger partial charge in [-0.1, -0.05) is 76.6 Å². The van der Waals surface area contributed by atoms with Crippen LogP contribution in [0.4, 0.5) is 0 Å². The van der Waals surface area contributed by atoms with Gasteiger partial charge < -0.3 is 10.3 Å². The molecule has 0 radical (unpaired) electrons. The fourth-order valence-corrected chi connectivity index (χ4v) is 5.45. The Kier molecular flexibility index (Phi) is 7.06. The van der Waals surface area contributed by atoms with Gasteiger partial charge in [-0.2, -0.15) is 0 Å². The zero-order valence-electron chi connectivity index (χ0n) is 19.3. The number of aromatic nitrogens is 1. The molecule has 0 unspecified atom stereocenters. The molecule has 8 heteroatoms. The number of amides is 2. The Morgan fingerprint density at radius 1 is 1.00 bits per heavy atom. The van der Waals surface area contributed by atoms with Gasteiger partial charge in [-0.15, -0.1) is 0 Å². The highest BCUT2D eigenvalue weighted by atomic mass is 79.9. The van der Waals surface area contributed by atoms with E-state index in [1.54, 1.807) is 4.90 Å². The molecule has 1 saturated heterocycles. The summed E-state index contributed by atoms with van der Waals surface area (Å²) in [5, 5.41) is 1.59. The van der Waals surface area contributed by atoms with Crippen molar-refractivity contribution in [2.24, 2.45) is 10.7 Å². The lowest BCUT2D eigenvalue weighted by molar-refractivity contribution is -0.122. The van der Waals surface area contributed by atoms with Crippen LogP contribution in [0.25, 0.3) is 17.0 Å². The predicted octanol–water partition coefficient (Wildman–Crippen LogP) is 5.56. The van der Waals surface area contributed by atoms with Gasteiger partial charge in [0.1, 0.15) is 6.54 Å². The highest BCUT2D eigenvalue weighted by molar-refractivity contribution is 9.10. The first kappa shape index (κ1) is 24.1. The fraction of sp³-hybridized carbons (Fsp3) is 0.107. The van der Waals surface area contributed by atoms with Gasteiger partial charge in [-0.3, -0.25) is 19.5 Å². The molecule has 3 aromatic carbocycles. The van der Waals surface area contributed by atoms with Crippen LogP contribution in [0, 0.1) is 0 Å². The summed E-state index contributed by atoms with van der Waals surface area (Å²) < 4.78 is 2.72. The number of hydrogen-bond donors (Lipinski definition) is 1. The Balaban J connectivity index is 1.53. The number of thioether (sulfide) groups is 1. The number of amidine groups is 1. The van der Waals surface area contributed by atoms with Crippen LogP contribution in [0.5, 0.6) is 0 Å². The molecule has 2 heterocycles. The van der Waals surface area contributed by atoms with Crippen molar-refractivity contribution in [3.63, 3.8) is 0 Å². The minimum absolute atomic E-state index is 0.0618. The first-order valence-corrected chi connectivity index (χ1v) is 13.0. The third-order valence-corrected chi connectivity index (χ3v) is 7.34. The average molecular weight is 559 g/mol. The number of aliphatic imine (C=N–C) groups is 1. The average Bonchev–Trinajstić information content (AvgIpc) is 3.35.